The molecule has 3 heteroatoms. The highest BCUT2D eigenvalue weighted by Gasteiger charge is 1.95. The third kappa shape index (κ3) is 5.17. The zero-order valence-corrected chi connectivity index (χ0v) is 11.1. The molecule has 3 nitrogen and oxygen atoms in total. The highest BCUT2D eigenvalue weighted by atomic mass is 16.5. The number of hydrogen-bond acceptors (Lipinski definition) is 3. The number of rotatable bonds is 2. The first kappa shape index (κ1) is 14.6. The summed E-state index contributed by atoms with van der Waals surface area (Å²) >= 11 is 0. The van der Waals surface area contributed by atoms with Crippen LogP contribution >= 0.6 is 0 Å². The Bertz CT molecular complexity index is 509. The molecular formula is C16H18O3. The van der Waals surface area contributed by atoms with E-state index in [1.807, 2.05) is 19.1 Å². The van der Waals surface area contributed by atoms with Crippen molar-refractivity contribution in [3.8, 4) is 17.2 Å². The van der Waals surface area contributed by atoms with Gasteiger partial charge in [0.25, 0.3) is 0 Å². The van der Waals surface area contributed by atoms with Crippen LogP contribution in [0.2, 0.25) is 0 Å². The molecule has 2 aromatic rings. The first-order chi connectivity index (χ1) is 9.05. The van der Waals surface area contributed by atoms with Gasteiger partial charge in [0.1, 0.15) is 17.2 Å². The molecule has 0 bridgehead atoms. The van der Waals surface area contributed by atoms with Crippen molar-refractivity contribution in [2.75, 3.05) is 7.11 Å². The molecule has 0 aliphatic rings. The van der Waals surface area contributed by atoms with E-state index in [2.05, 4.69) is 6.58 Å². The minimum Gasteiger partial charge on any atom is -0.508 e. The first-order valence-corrected chi connectivity index (χ1v) is 5.81. The molecule has 0 saturated carbocycles. The van der Waals surface area contributed by atoms with Crippen LogP contribution in [0.3, 0.4) is 0 Å². The van der Waals surface area contributed by atoms with Crippen LogP contribution in [0.15, 0.2) is 49.0 Å². The lowest BCUT2D eigenvalue weighted by Crippen LogP contribution is -1.82. The van der Waals surface area contributed by atoms with Crippen LogP contribution in [-0.4, -0.2) is 17.3 Å². The largest absolute Gasteiger partial charge is 0.508 e. The Hall–Kier alpha value is -2.42. The second kappa shape index (κ2) is 7.11. The van der Waals surface area contributed by atoms with Crippen molar-refractivity contribution in [2.24, 2.45) is 0 Å². The molecule has 0 heterocycles. The van der Waals surface area contributed by atoms with E-state index in [9.17, 15) is 0 Å². The fourth-order valence-electron chi connectivity index (χ4n) is 1.39. The van der Waals surface area contributed by atoms with E-state index in [4.69, 9.17) is 14.9 Å². The number of phenolic OH excluding ortho intramolecular Hbond substituents is 2. The van der Waals surface area contributed by atoms with Crippen LogP contribution in [0.1, 0.15) is 11.1 Å². The predicted octanol–water partition coefficient (Wildman–Crippen LogP) is 3.74. The molecule has 0 amide bonds. The molecule has 0 aromatic heterocycles. The molecular weight excluding hydrogens is 240 g/mol. The minimum absolute atomic E-state index is 0.194. The van der Waals surface area contributed by atoms with Gasteiger partial charge in [0.15, 0.2) is 0 Å². The Morgan fingerprint density at radius 1 is 1.00 bits per heavy atom. The molecule has 100 valence electrons. The summed E-state index contributed by atoms with van der Waals surface area (Å²) in [4.78, 5) is 0. The predicted molar refractivity (Wildman–Crippen MR) is 77.6 cm³/mol. The van der Waals surface area contributed by atoms with Gasteiger partial charge in [-0.15, -0.1) is 0 Å². The number of hydrogen-bond donors (Lipinski definition) is 2. The molecule has 0 spiro atoms. The molecule has 19 heavy (non-hydrogen) atoms. The van der Waals surface area contributed by atoms with Crippen molar-refractivity contribution in [1.82, 2.24) is 0 Å². The van der Waals surface area contributed by atoms with Gasteiger partial charge < -0.3 is 14.9 Å². The zero-order chi connectivity index (χ0) is 14.3. The van der Waals surface area contributed by atoms with Gasteiger partial charge in [-0.1, -0.05) is 30.4 Å². The van der Waals surface area contributed by atoms with Crippen LogP contribution in [0.25, 0.3) is 6.08 Å². The summed E-state index contributed by atoms with van der Waals surface area (Å²) in [6.07, 6.45) is 1.65. The van der Waals surface area contributed by atoms with Gasteiger partial charge in [-0.3, -0.25) is 0 Å². The SMILES string of the molecule is C=Cc1cc(O)cc(OC)c1.Cc1ccc(O)cc1. The summed E-state index contributed by atoms with van der Waals surface area (Å²) in [5.41, 5.74) is 2.02. The maximum absolute atomic E-state index is 9.13. The highest BCUT2D eigenvalue weighted by Crippen LogP contribution is 2.21. The number of aromatic hydroxyl groups is 2. The Balaban J connectivity index is 0.000000200. The van der Waals surface area contributed by atoms with E-state index < -0.39 is 0 Å². The van der Waals surface area contributed by atoms with Crippen LogP contribution in [0.5, 0.6) is 17.2 Å². The molecule has 0 aliphatic heterocycles. The molecule has 2 aromatic carbocycles. The third-order valence-electron chi connectivity index (χ3n) is 2.42. The topological polar surface area (TPSA) is 49.7 Å². The summed E-state index contributed by atoms with van der Waals surface area (Å²) < 4.78 is 4.93. The van der Waals surface area contributed by atoms with E-state index in [0.29, 0.717) is 11.5 Å². The molecule has 0 unspecified atom stereocenters. The minimum atomic E-state index is 0.194. The number of phenols is 2. The van der Waals surface area contributed by atoms with Crippen LogP contribution < -0.4 is 4.74 Å². The van der Waals surface area contributed by atoms with E-state index in [-0.39, 0.29) is 5.75 Å². The summed E-state index contributed by atoms with van der Waals surface area (Å²) in [6.45, 7) is 5.57. The molecule has 0 atom stereocenters. The van der Waals surface area contributed by atoms with Gasteiger partial charge >= 0.3 is 0 Å². The Kier molecular flexibility index (Phi) is 5.48. The Morgan fingerprint density at radius 3 is 2.11 bits per heavy atom. The van der Waals surface area contributed by atoms with Crippen molar-refractivity contribution in [3.05, 3.63) is 60.2 Å². The Labute approximate surface area is 113 Å². The smallest absolute Gasteiger partial charge is 0.123 e. The molecule has 0 saturated heterocycles. The van der Waals surface area contributed by atoms with Gasteiger partial charge in [-0.05, 0) is 36.8 Å². The van der Waals surface area contributed by atoms with Crippen LogP contribution in [-0.2, 0) is 0 Å². The van der Waals surface area contributed by atoms with Crippen molar-refractivity contribution in [2.45, 2.75) is 6.92 Å². The van der Waals surface area contributed by atoms with Crippen molar-refractivity contribution in [1.29, 1.82) is 0 Å². The van der Waals surface area contributed by atoms with Gasteiger partial charge in [-0.2, -0.15) is 0 Å². The van der Waals surface area contributed by atoms with E-state index in [0.717, 1.165) is 5.56 Å². The lowest BCUT2D eigenvalue weighted by atomic mass is 10.2. The first-order valence-electron chi connectivity index (χ1n) is 5.81. The standard InChI is InChI=1S/C9H10O2.C7H8O/c1-3-7-4-8(10)6-9(5-7)11-2;1-6-2-4-7(8)5-3-6/h3-6,10H,1H2,2H3;2-5,8H,1H3. The van der Waals surface area contributed by atoms with E-state index >= 15 is 0 Å². The monoisotopic (exact) mass is 258 g/mol. The highest BCUT2D eigenvalue weighted by molar-refractivity contribution is 5.53. The van der Waals surface area contributed by atoms with Crippen molar-refractivity contribution >= 4 is 6.08 Å². The number of ether oxygens (including phenoxy) is 1. The van der Waals surface area contributed by atoms with Gasteiger partial charge in [-0.25, -0.2) is 0 Å². The molecule has 0 aliphatic carbocycles. The zero-order valence-electron chi connectivity index (χ0n) is 11.1. The van der Waals surface area contributed by atoms with Crippen molar-refractivity contribution < 1.29 is 14.9 Å². The number of methoxy groups -OCH3 is 1. The Morgan fingerprint density at radius 2 is 1.63 bits per heavy atom. The molecule has 0 radical (unpaired) electrons. The van der Waals surface area contributed by atoms with Gasteiger partial charge in [0.05, 0.1) is 7.11 Å². The van der Waals surface area contributed by atoms with Gasteiger partial charge in [0.2, 0.25) is 0 Å². The summed E-state index contributed by atoms with van der Waals surface area (Å²) in [5.74, 6) is 1.16. The maximum Gasteiger partial charge on any atom is 0.123 e. The summed E-state index contributed by atoms with van der Waals surface area (Å²) in [6, 6.07) is 12.1. The molecule has 2 N–H and O–H groups in total. The van der Waals surface area contributed by atoms with Gasteiger partial charge in [0, 0.05) is 6.07 Å². The maximum atomic E-state index is 9.13. The van der Waals surface area contributed by atoms with Crippen molar-refractivity contribution in [3.63, 3.8) is 0 Å². The molecule has 0 fully saturated rings. The lowest BCUT2D eigenvalue weighted by molar-refractivity contribution is 0.407. The quantitative estimate of drug-likeness (QED) is 0.862. The lowest BCUT2D eigenvalue weighted by Gasteiger charge is -2.01. The second-order valence-corrected chi connectivity index (χ2v) is 4.00. The third-order valence-corrected chi connectivity index (χ3v) is 2.42. The van der Waals surface area contributed by atoms with Crippen LogP contribution in [0.4, 0.5) is 0 Å². The second-order valence-electron chi connectivity index (χ2n) is 4.00. The molecule has 2 rings (SSSR count). The number of aryl methyl sites for hydroxylation is 1. The fraction of sp³-hybridized carbons (Fsp3) is 0.125. The normalized spacial score (nSPS) is 9.16. The van der Waals surface area contributed by atoms with Crippen LogP contribution in [0, 0.1) is 6.92 Å². The van der Waals surface area contributed by atoms with E-state index in [1.54, 1.807) is 43.5 Å². The average Bonchev–Trinajstić information content (AvgIpc) is 2.42. The average molecular weight is 258 g/mol. The fourth-order valence-corrected chi connectivity index (χ4v) is 1.39. The summed E-state index contributed by atoms with van der Waals surface area (Å²) in [7, 11) is 1.56. The van der Waals surface area contributed by atoms with E-state index in [1.165, 1.54) is 5.56 Å². The summed E-state index contributed by atoms with van der Waals surface area (Å²) in [5, 5.41) is 17.9. The number of benzene rings is 2.